The van der Waals surface area contributed by atoms with Gasteiger partial charge in [-0.1, -0.05) is 12.1 Å². The highest BCUT2D eigenvalue weighted by Gasteiger charge is 2.23. The van der Waals surface area contributed by atoms with E-state index in [9.17, 15) is 4.39 Å². The van der Waals surface area contributed by atoms with Crippen molar-refractivity contribution in [3.05, 3.63) is 59.3 Å². The molecule has 0 saturated carbocycles. The average Bonchev–Trinajstić information content (AvgIpc) is 2.88. The predicted molar refractivity (Wildman–Crippen MR) is 77.1 cm³/mol. The fourth-order valence-electron chi connectivity index (χ4n) is 3.08. The summed E-state index contributed by atoms with van der Waals surface area (Å²) in [7, 11) is 0. The topological polar surface area (TPSA) is 25.2 Å². The van der Waals surface area contributed by atoms with Gasteiger partial charge in [-0.2, -0.15) is 0 Å². The number of furan rings is 1. The van der Waals surface area contributed by atoms with E-state index in [0.29, 0.717) is 12.1 Å². The number of benzene rings is 1. The molecule has 0 bridgehead atoms. The summed E-state index contributed by atoms with van der Waals surface area (Å²) < 4.78 is 18.7. The molecule has 1 heterocycles. The van der Waals surface area contributed by atoms with Gasteiger partial charge in [0.1, 0.15) is 11.6 Å². The van der Waals surface area contributed by atoms with Crippen LogP contribution < -0.4 is 5.32 Å². The summed E-state index contributed by atoms with van der Waals surface area (Å²) in [5.41, 5.74) is 2.33. The molecule has 2 unspecified atom stereocenters. The summed E-state index contributed by atoms with van der Waals surface area (Å²) in [6.45, 7) is 2.15. The van der Waals surface area contributed by atoms with E-state index in [1.165, 1.54) is 11.6 Å². The lowest BCUT2D eigenvalue weighted by Crippen LogP contribution is -2.33. The Hall–Kier alpha value is -1.61. The van der Waals surface area contributed by atoms with E-state index in [2.05, 4.69) is 18.3 Å². The molecule has 0 amide bonds. The Labute approximate surface area is 119 Å². The number of rotatable bonds is 4. The zero-order valence-electron chi connectivity index (χ0n) is 11.7. The smallest absolute Gasteiger partial charge is 0.123 e. The van der Waals surface area contributed by atoms with Crippen LogP contribution in [0, 0.1) is 5.82 Å². The second-order valence-electron chi connectivity index (χ2n) is 5.65. The molecule has 1 aliphatic carbocycles. The largest absolute Gasteiger partial charge is 0.469 e. The maximum absolute atomic E-state index is 13.2. The molecule has 20 heavy (non-hydrogen) atoms. The average molecular weight is 273 g/mol. The molecule has 2 atom stereocenters. The highest BCUT2D eigenvalue weighted by Crippen LogP contribution is 2.30. The monoisotopic (exact) mass is 273 g/mol. The summed E-state index contributed by atoms with van der Waals surface area (Å²) in [5.74, 6) is 0.955. The van der Waals surface area contributed by atoms with Gasteiger partial charge in [-0.3, -0.25) is 0 Å². The van der Waals surface area contributed by atoms with Gasteiger partial charge in [0.2, 0.25) is 0 Å². The Kier molecular flexibility index (Phi) is 3.88. The van der Waals surface area contributed by atoms with E-state index in [4.69, 9.17) is 4.42 Å². The molecular formula is C17H20FNO. The summed E-state index contributed by atoms with van der Waals surface area (Å²) in [5, 5.41) is 3.65. The lowest BCUT2D eigenvalue weighted by atomic mass is 9.92. The maximum atomic E-state index is 13.2. The van der Waals surface area contributed by atoms with E-state index in [1.807, 2.05) is 6.07 Å². The molecule has 3 heteroatoms. The first-order chi connectivity index (χ1) is 9.72. The van der Waals surface area contributed by atoms with Gasteiger partial charge in [0.05, 0.1) is 6.26 Å². The van der Waals surface area contributed by atoms with E-state index in [-0.39, 0.29) is 5.82 Å². The second-order valence-corrected chi connectivity index (χ2v) is 5.65. The molecule has 106 valence electrons. The van der Waals surface area contributed by atoms with Gasteiger partial charge >= 0.3 is 0 Å². The quantitative estimate of drug-likeness (QED) is 0.910. The van der Waals surface area contributed by atoms with Crippen molar-refractivity contribution >= 4 is 0 Å². The van der Waals surface area contributed by atoms with Gasteiger partial charge in [0, 0.05) is 24.1 Å². The van der Waals surface area contributed by atoms with Crippen LogP contribution in [0.4, 0.5) is 4.39 Å². The molecule has 0 radical (unpaired) electrons. The third-order valence-electron chi connectivity index (χ3n) is 3.97. The zero-order valence-corrected chi connectivity index (χ0v) is 11.7. The number of hydrogen-bond acceptors (Lipinski definition) is 2. The lowest BCUT2D eigenvalue weighted by molar-refractivity contribution is 0.380. The maximum Gasteiger partial charge on any atom is 0.123 e. The molecule has 0 aliphatic heterocycles. The minimum atomic E-state index is -0.163. The Morgan fingerprint density at radius 1 is 1.40 bits per heavy atom. The van der Waals surface area contributed by atoms with Crippen molar-refractivity contribution in [2.45, 2.75) is 44.7 Å². The number of halogens is 1. The van der Waals surface area contributed by atoms with Crippen molar-refractivity contribution in [1.82, 2.24) is 5.32 Å². The van der Waals surface area contributed by atoms with Crippen LogP contribution in [-0.4, -0.2) is 6.04 Å². The van der Waals surface area contributed by atoms with Crippen molar-refractivity contribution < 1.29 is 8.81 Å². The third kappa shape index (κ3) is 2.93. The number of fused-ring (bicyclic) bond motifs is 1. The fraction of sp³-hybridized carbons (Fsp3) is 0.412. The molecule has 3 rings (SSSR count). The van der Waals surface area contributed by atoms with Crippen molar-refractivity contribution in [1.29, 1.82) is 0 Å². The Balaban J connectivity index is 1.64. The van der Waals surface area contributed by atoms with Gasteiger partial charge in [-0.05, 0) is 49.9 Å². The molecule has 1 aromatic carbocycles. The van der Waals surface area contributed by atoms with Crippen molar-refractivity contribution in [3.63, 3.8) is 0 Å². The van der Waals surface area contributed by atoms with Gasteiger partial charge in [-0.25, -0.2) is 4.39 Å². The predicted octanol–water partition coefficient (Wildman–Crippen LogP) is 4.02. The van der Waals surface area contributed by atoms with E-state index >= 15 is 0 Å². The first kappa shape index (κ1) is 13.4. The van der Waals surface area contributed by atoms with Gasteiger partial charge in [0.15, 0.2) is 0 Å². The Morgan fingerprint density at radius 3 is 3.15 bits per heavy atom. The Morgan fingerprint density at radius 2 is 2.30 bits per heavy atom. The van der Waals surface area contributed by atoms with Gasteiger partial charge in [-0.15, -0.1) is 0 Å². The van der Waals surface area contributed by atoms with Crippen LogP contribution in [0.15, 0.2) is 41.0 Å². The zero-order chi connectivity index (χ0) is 13.9. The molecular weight excluding hydrogens is 253 g/mol. The van der Waals surface area contributed by atoms with Crippen molar-refractivity contribution in [3.8, 4) is 0 Å². The first-order valence-corrected chi connectivity index (χ1v) is 7.29. The van der Waals surface area contributed by atoms with Crippen LogP contribution in [0.1, 0.15) is 42.7 Å². The minimum absolute atomic E-state index is 0.163. The molecule has 0 fully saturated rings. The number of hydrogen-bond donors (Lipinski definition) is 1. The highest BCUT2D eigenvalue weighted by atomic mass is 19.1. The first-order valence-electron chi connectivity index (χ1n) is 7.29. The van der Waals surface area contributed by atoms with Crippen molar-refractivity contribution in [2.75, 3.05) is 0 Å². The van der Waals surface area contributed by atoms with E-state index in [0.717, 1.165) is 37.0 Å². The third-order valence-corrected chi connectivity index (χ3v) is 3.97. The molecule has 2 nitrogen and oxygen atoms in total. The van der Waals surface area contributed by atoms with Crippen LogP contribution >= 0.6 is 0 Å². The summed E-state index contributed by atoms with van der Waals surface area (Å²) >= 11 is 0. The molecule has 2 aromatic rings. The van der Waals surface area contributed by atoms with Crippen LogP contribution in [0.3, 0.4) is 0 Å². The van der Waals surface area contributed by atoms with Crippen LogP contribution in [0.25, 0.3) is 0 Å². The van der Waals surface area contributed by atoms with E-state index < -0.39 is 0 Å². The molecule has 1 aromatic heterocycles. The SMILES string of the molecule is CC(Cc1cccc(F)c1)NC1CCCc2occc21. The number of nitrogens with one attached hydrogen (secondary N) is 1. The highest BCUT2D eigenvalue weighted by molar-refractivity contribution is 5.24. The standard InChI is InChI=1S/C17H20FNO/c1-12(10-13-4-2-5-14(18)11-13)19-16-6-3-7-17-15(16)8-9-20-17/h2,4-5,8-9,11-12,16,19H,3,6-7,10H2,1H3. The second kappa shape index (κ2) is 5.80. The lowest BCUT2D eigenvalue weighted by Gasteiger charge is -2.26. The minimum Gasteiger partial charge on any atom is -0.469 e. The van der Waals surface area contributed by atoms with Gasteiger partial charge in [0.25, 0.3) is 0 Å². The van der Waals surface area contributed by atoms with Crippen LogP contribution in [-0.2, 0) is 12.8 Å². The number of aryl methyl sites for hydroxylation is 1. The summed E-state index contributed by atoms with van der Waals surface area (Å²) in [4.78, 5) is 0. The summed E-state index contributed by atoms with van der Waals surface area (Å²) in [6.07, 6.45) is 5.95. The molecule has 1 aliphatic rings. The van der Waals surface area contributed by atoms with Crippen LogP contribution in [0.5, 0.6) is 0 Å². The summed E-state index contributed by atoms with van der Waals surface area (Å²) in [6, 6.07) is 9.59. The molecule has 1 N–H and O–H groups in total. The normalized spacial score (nSPS) is 19.6. The van der Waals surface area contributed by atoms with Crippen LogP contribution in [0.2, 0.25) is 0 Å². The Bertz CT molecular complexity index is 578. The van der Waals surface area contributed by atoms with E-state index in [1.54, 1.807) is 18.4 Å². The molecule has 0 spiro atoms. The molecule has 0 saturated heterocycles. The fourth-order valence-corrected chi connectivity index (χ4v) is 3.08. The van der Waals surface area contributed by atoms with Crippen molar-refractivity contribution in [2.24, 2.45) is 0 Å². The van der Waals surface area contributed by atoms with Gasteiger partial charge < -0.3 is 9.73 Å².